The highest BCUT2D eigenvalue weighted by molar-refractivity contribution is 7.98. The molecule has 6 heteroatoms. The molecule has 1 amide bonds. The monoisotopic (exact) mass is 384 g/mol. The summed E-state index contributed by atoms with van der Waals surface area (Å²) < 4.78 is 5.55. The predicted octanol–water partition coefficient (Wildman–Crippen LogP) is 4.07. The highest BCUT2D eigenvalue weighted by Gasteiger charge is 2.28. The molecule has 26 heavy (non-hydrogen) atoms. The number of carbonyl (C=O) groups is 1. The van der Waals surface area contributed by atoms with Crippen LogP contribution in [0.5, 0.6) is 5.75 Å². The quantitative estimate of drug-likeness (QED) is 0.462. The minimum absolute atomic E-state index is 0.0971. The van der Waals surface area contributed by atoms with Gasteiger partial charge in [0.25, 0.3) is 5.91 Å². The maximum atomic E-state index is 12.3. The molecular weight excluding hydrogens is 364 g/mol. The second-order valence-electron chi connectivity index (χ2n) is 5.71. The van der Waals surface area contributed by atoms with Gasteiger partial charge in [-0.3, -0.25) is 9.69 Å². The first kappa shape index (κ1) is 18.5. The summed E-state index contributed by atoms with van der Waals surface area (Å²) >= 11 is 6.95. The molecule has 0 aromatic heterocycles. The summed E-state index contributed by atoms with van der Waals surface area (Å²) in [6, 6.07) is 16.2. The van der Waals surface area contributed by atoms with E-state index in [9.17, 15) is 4.79 Å². The largest absolute Gasteiger partial charge is 0.496 e. The molecule has 3 rings (SSSR count). The molecule has 0 radical (unpaired) electrons. The molecule has 0 unspecified atom stereocenters. The third-order valence-corrected chi connectivity index (χ3v) is 5.42. The second-order valence-corrected chi connectivity index (χ2v) is 7.15. The van der Waals surface area contributed by atoms with Crippen LogP contribution in [0, 0.1) is 0 Å². The van der Waals surface area contributed by atoms with Crippen LogP contribution in [0.2, 0.25) is 0 Å². The van der Waals surface area contributed by atoms with Crippen molar-refractivity contribution in [2.75, 3.05) is 13.7 Å². The Bertz CT molecular complexity index is 850. The first-order valence-electron chi connectivity index (χ1n) is 8.31. The molecule has 0 bridgehead atoms. The van der Waals surface area contributed by atoms with E-state index in [1.807, 2.05) is 43.3 Å². The van der Waals surface area contributed by atoms with E-state index in [0.29, 0.717) is 17.4 Å². The SMILES string of the molecule is CCN1C(=O)/C(=C\c2ccc(CSc3ccccc3)c(OC)c2)NC1=S. The van der Waals surface area contributed by atoms with Crippen molar-refractivity contribution in [3.63, 3.8) is 0 Å². The number of likely N-dealkylation sites (N-methyl/N-ethyl adjacent to an activating group) is 1. The highest BCUT2D eigenvalue weighted by Crippen LogP contribution is 2.29. The first-order chi connectivity index (χ1) is 12.6. The topological polar surface area (TPSA) is 41.6 Å². The Morgan fingerprint density at radius 1 is 1.23 bits per heavy atom. The van der Waals surface area contributed by atoms with Gasteiger partial charge in [0.15, 0.2) is 5.11 Å². The molecule has 1 aliphatic heterocycles. The van der Waals surface area contributed by atoms with Crippen molar-refractivity contribution in [1.82, 2.24) is 10.2 Å². The zero-order chi connectivity index (χ0) is 18.5. The van der Waals surface area contributed by atoms with Crippen molar-refractivity contribution in [3.05, 3.63) is 65.4 Å². The van der Waals surface area contributed by atoms with Gasteiger partial charge in [0.2, 0.25) is 0 Å². The van der Waals surface area contributed by atoms with E-state index < -0.39 is 0 Å². The lowest BCUT2D eigenvalue weighted by Crippen LogP contribution is -2.30. The average Bonchev–Trinajstić information content (AvgIpc) is 2.94. The van der Waals surface area contributed by atoms with Gasteiger partial charge in [-0.05, 0) is 49.0 Å². The third-order valence-electron chi connectivity index (χ3n) is 4.04. The number of methoxy groups -OCH3 is 1. The Kier molecular flexibility index (Phi) is 5.96. The van der Waals surface area contributed by atoms with E-state index in [4.69, 9.17) is 17.0 Å². The summed E-state index contributed by atoms with van der Waals surface area (Å²) in [5.41, 5.74) is 2.50. The van der Waals surface area contributed by atoms with Crippen molar-refractivity contribution >= 4 is 41.1 Å². The minimum Gasteiger partial charge on any atom is -0.496 e. The Hall–Kier alpha value is -2.31. The van der Waals surface area contributed by atoms with Crippen molar-refractivity contribution in [2.45, 2.75) is 17.6 Å². The molecule has 2 aromatic rings. The molecule has 0 saturated carbocycles. The molecule has 1 fully saturated rings. The zero-order valence-corrected chi connectivity index (χ0v) is 16.3. The lowest BCUT2D eigenvalue weighted by molar-refractivity contribution is -0.122. The molecular formula is C20H20N2O2S2. The third kappa shape index (κ3) is 4.08. The van der Waals surface area contributed by atoms with E-state index in [2.05, 4.69) is 17.4 Å². The van der Waals surface area contributed by atoms with Gasteiger partial charge in [-0.1, -0.05) is 30.3 Å². The van der Waals surface area contributed by atoms with E-state index in [-0.39, 0.29) is 5.91 Å². The lowest BCUT2D eigenvalue weighted by Gasteiger charge is -2.10. The molecule has 0 aliphatic carbocycles. The number of nitrogens with zero attached hydrogens (tertiary/aromatic N) is 1. The van der Waals surface area contributed by atoms with Gasteiger partial charge in [0, 0.05) is 22.8 Å². The number of thioether (sulfide) groups is 1. The predicted molar refractivity (Wildman–Crippen MR) is 110 cm³/mol. The Morgan fingerprint density at radius 2 is 2.00 bits per heavy atom. The van der Waals surface area contributed by atoms with E-state index >= 15 is 0 Å². The molecule has 1 N–H and O–H groups in total. The van der Waals surface area contributed by atoms with Gasteiger partial charge in [0.1, 0.15) is 11.4 Å². The van der Waals surface area contributed by atoms with Crippen molar-refractivity contribution in [1.29, 1.82) is 0 Å². The number of hydrogen-bond donors (Lipinski definition) is 1. The van der Waals surface area contributed by atoms with Gasteiger partial charge in [-0.15, -0.1) is 11.8 Å². The fraction of sp³-hybridized carbons (Fsp3) is 0.200. The molecule has 134 valence electrons. The second kappa shape index (κ2) is 8.38. The van der Waals surface area contributed by atoms with Gasteiger partial charge in [-0.25, -0.2) is 0 Å². The number of hydrogen-bond acceptors (Lipinski definition) is 4. The summed E-state index contributed by atoms with van der Waals surface area (Å²) in [5.74, 6) is 1.53. The Morgan fingerprint density at radius 3 is 2.65 bits per heavy atom. The van der Waals surface area contributed by atoms with Crippen LogP contribution >= 0.6 is 24.0 Å². The average molecular weight is 385 g/mol. The molecule has 4 nitrogen and oxygen atoms in total. The van der Waals surface area contributed by atoms with E-state index in [0.717, 1.165) is 22.6 Å². The summed E-state index contributed by atoms with van der Waals surface area (Å²) in [7, 11) is 1.66. The molecule has 1 aliphatic rings. The number of thiocarbonyl (C=S) groups is 1. The lowest BCUT2D eigenvalue weighted by atomic mass is 10.1. The molecule has 0 spiro atoms. The number of ether oxygens (including phenoxy) is 1. The summed E-state index contributed by atoms with van der Waals surface area (Å²) in [5, 5.41) is 3.43. The van der Waals surface area contributed by atoms with Crippen LogP contribution in [-0.2, 0) is 10.5 Å². The standard InChI is InChI=1S/C20H20N2O2S2/c1-3-22-19(23)17(21-20(22)25)11-14-9-10-15(18(12-14)24-2)13-26-16-7-5-4-6-8-16/h4-12H,3,13H2,1-2H3,(H,21,25)/b17-11+. The minimum atomic E-state index is -0.0971. The van der Waals surface area contributed by atoms with Gasteiger partial charge >= 0.3 is 0 Å². The maximum absolute atomic E-state index is 12.3. The fourth-order valence-electron chi connectivity index (χ4n) is 2.67. The number of nitrogens with one attached hydrogen (secondary N) is 1. The van der Waals surface area contributed by atoms with Gasteiger partial charge < -0.3 is 10.1 Å². The summed E-state index contributed by atoms with van der Waals surface area (Å²) in [6.07, 6.45) is 1.81. The number of carbonyl (C=O) groups excluding carboxylic acids is 1. The zero-order valence-electron chi connectivity index (χ0n) is 14.7. The van der Waals surface area contributed by atoms with Crippen molar-refractivity contribution in [3.8, 4) is 5.75 Å². The van der Waals surface area contributed by atoms with Crippen LogP contribution in [0.25, 0.3) is 6.08 Å². The van der Waals surface area contributed by atoms with E-state index in [1.54, 1.807) is 29.8 Å². The molecule has 0 atom stereocenters. The summed E-state index contributed by atoms with van der Waals surface area (Å²) in [4.78, 5) is 15.1. The van der Waals surface area contributed by atoms with Gasteiger partial charge in [-0.2, -0.15) is 0 Å². The normalized spacial score (nSPS) is 15.5. The fourth-order valence-corrected chi connectivity index (χ4v) is 3.91. The van der Waals surface area contributed by atoms with Crippen LogP contribution in [0.15, 0.2) is 59.1 Å². The van der Waals surface area contributed by atoms with E-state index in [1.165, 1.54) is 4.90 Å². The van der Waals surface area contributed by atoms with Crippen molar-refractivity contribution in [2.24, 2.45) is 0 Å². The summed E-state index contributed by atoms with van der Waals surface area (Å²) in [6.45, 7) is 2.46. The molecule has 2 aromatic carbocycles. The smallest absolute Gasteiger partial charge is 0.276 e. The first-order valence-corrected chi connectivity index (χ1v) is 9.71. The number of benzene rings is 2. The van der Waals surface area contributed by atoms with Crippen LogP contribution in [-0.4, -0.2) is 29.6 Å². The maximum Gasteiger partial charge on any atom is 0.276 e. The van der Waals surface area contributed by atoms with Crippen LogP contribution in [0.1, 0.15) is 18.1 Å². The highest BCUT2D eigenvalue weighted by atomic mass is 32.2. The molecule has 1 saturated heterocycles. The Balaban J connectivity index is 1.77. The van der Waals surface area contributed by atoms with Gasteiger partial charge in [0.05, 0.1) is 7.11 Å². The van der Waals surface area contributed by atoms with Crippen LogP contribution in [0.3, 0.4) is 0 Å². The Labute approximate surface area is 163 Å². The number of amides is 1. The molecule has 1 heterocycles. The van der Waals surface area contributed by atoms with Crippen LogP contribution < -0.4 is 10.1 Å². The number of rotatable bonds is 6. The van der Waals surface area contributed by atoms with Crippen LogP contribution in [0.4, 0.5) is 0 Å². The van der Waals surface area contributed by atoms with Crippen molar-refractivity contribution < 1.29 is 9.53 Å².